The molecule has 1 aromatic carbocycles. The summed E-state index contributed by atoms with van der Waals surface area (Å²) in [5.41, 5.74) is 2.09. The van der Waals surface area contributed by atoms with Gasteiger partial charge in [-0.25, -0.2) is 19.9 Å². The van der Waals surface area contributed by atoms with Crippen molar-refractivity contribution in [2.75, 3.05) is 5.32 Å². The highest BCUT2D eigenvalue weighted by atomic mass is 16.1. The molecule has 2 heterocycles. The van der Waals surface area contributed by atoms with Crippen molar-refractivity contribution in [2.45, 2.75) is 26.7 Å². The first-order chi connectivity index (χ1) is 12.0. The quantitative estimate of drug-likeness (QED) is 0.789. The van der Waals surface area contributed by atoms with Crippen LogP contribution in [0.2, 0.25) is 0 Å². The summed E-state index contributed by atoms with van der Waals surface area (Å²) < 4.78 is 0. The number of nitrogens with zero attached hydrogens (tertiary/aromatic N) is 4. The number of carbonyl (C=O) groups is 1. The molecule has 25 heavy (non-hydrogen) atoms. The first-order valence-corrected chi connectivity index (χ1v) is 8.07. The van der Waals surface area contributed by atoms with Gasteiger partial charge in [-0.15, -0.1) is 0 Å². The highest BCUT2D eigenvalue weighted by Crippen LogP contribution is 2.16. The molecule has 0 saturated carbocycles. The molecule has 3 rings (SSSR count). The van der Waals surface area contributed by atoms with Crippen LogP contribution in [0.3, 0.4) is 0 Å². The summed E-state index contributed by atoms with van der Waals surface area (Å²) in [5.74, 6) is 1.65. The molecule has 0 fully saturated rings. The number of amides is 1. The van der Waals surface area contributed by atoms with Crippen molar-refractivity contribution in [1.82, 2.24) is 19.9 Å². The largest absolute Gasteiger partial charge is 0.306 e. The Labute approximate surface area is 146 Å². The molecule has 0 atom stereocenters. The fraction of sp³-hybridized carbons (Fsp3) is 0.211. The molecular formula is C19H19N5O. The molecule has 0 aliphatic carbocycles. The Kier molecular flexibility index (Phi) is 4.79. The lowest BCUT2D eigenvalue weighted by Gasteiger charge is -2.09. The van der Waals surface area contributed by atoms with E-state index in [1.54, 1.807) is 6.07 Å². The Hall–Kier alpha value is -3.15. The van der Waals surface area contributed by atoms with Gasteiger partial charge in [-0.1, -0.05) is 44.2 Å². The maximum Gasteiger partial charge on any atom is 0.259 e. The minimum Gasteiger partial charge on any atom is -0.306 e. The first-order valence-electron chi connectivity index (χ1n) is 8.07. The average molecular weight is 333 g/mol. The zero-order chi connectivity index (χ0) is 17.8. The van der Waals surface area contributed by atoms with Crippen LogP contribution in [0.1, 0.15) is 41.6 Å². The number of anilines is 1. The van der Waals surface area contributed by atoms with Gasteiger partial charge >= 0.3 is 0 Å². The molecule has 3 aromatic rings. The van der Waals surface area contributed by atoms with Crippen LogP contribution in [0, 0.1) is 6.92 Å². The van der Waals surface area contributed by atoms with Crippen LogP contribution in [0.25, 0.3) is 11.4 Å². The van der Waals surface area contributed by atoms with Crippen molar-refractivity contribution >= 4 is 11.7 Å². The maximum atomic E-state index is 12.4. The third-order valence-corrected chi connectivity index (χ3v) is 3.58. The maximum absolute atomic E-state index is 12.4. The van der Waals surface area contributed by atoms with E-state index >= 15 is 0 Å². The van der Waals surface area contributed by atoms with Crippen molar-refractivity contribution in [3.63, 3.8) is 0 Å². The molecule has 6 heteroatoms. The van der Waals surface area contributed by atoms with E-state index in [2.05, 4.69) is 25.3 Å². The fourth-order valence-electron chi connectivity index (χ4n) is 2.28. The normalized spacial score (nSPS) is 10.7. The molecule has 0 aliphatic rings. The Morgan fingerprint density at radius 3 is 2.36 bits per heavy atom. The molecule has 0 aliphatic heterocycles. The minimum atomic E-state index is -0.299. The van der Waals surface area contributed by atoms with Crippen molar-refractivity contribution in [1.29, 1.82) is 0 Å². The lowest BCUT2D eigenvalue weighted by molar-refractivity contribution is 0.102. The number of nitrogens with one attached hydrogen (secondary N) is 1. The summed E-state index contributed by atoms with van der Waals surface area (Å²) in [4.78, 5) is 29.7. The molecule has 126 valence electrons. The van der Waals surface area contributed by atoms with Gasteiger partial charge in [0.1, 0.15) is 11.6 Å². The topological polar surface area (TPSA) is 80.7 Å². The summed E-state index contributed by atoms with van der Waals surface area (Å²) in [6.07, 6.45) is 3.03. The summed E-state index contributed by atoms with van der Waals surface area (Å²) in [6.45, 7) is 5.90. The van der Waals surface area contributed by atoms with Crippen molar-refractivity contribution < 1.29 is 4.79 Å². The minimum absolute atomic E-state index is 0.184. The van der Waals surface area contributed by atoms with Crippen molar-refractivity contribution in [3.8, 4) is 11.4 Å². The number of rotatable bonds is 4. The molecule has 1 amide bonds. The lowest BCUT2D eigenvalue weighted by Crippen LogP contribution is -2.15. The van der Waals surface area contributed by atoms with Crippen LogP contribution in [-0.2, 0) is 0 Å². The van der Waals surface area contributed by atoms with Gasteiger partial charge in [0.15, 0.2) is 5.82 Å². The molecule has 0 radical (unpaired) electrons. The van der Waals surface area contributed by atoms with E-state index in [1.165, 1.54) is 12.4 Å². The molecule has 1 N–H and O–H groups in total. The highest BCUT2D eigenvalue weighted by molar-refractivity contribution is 6.03. The van der Waals surface area contributed by atoms with Crippen LogP contribution in [0.15, 0.2) is 48.8 Å². The second kappa shape index (κ2) is 7.17. The molecule has 0 bridgehead atoms. The zero-order valence-corrected chi connectivity index (χ0v) is 14.4. The van der Waals surface area contributed by atoms with Gasteiger partial charge in [0, 0.05) is 35.6 Å². The number of hydrogen-bond donors (Lipinski definition) is 1. The Balaban J connectivity index is 1.78. The second-order valence-corrected chi connectivity index (χ2v) is 6.02. The number of aromatic nitrogens is 4. The molecule has 0 unspecified atom stereocenters. The van der Waals surface area contributed by atoms with Gasteiger partial charge < -0.3 is 5.32 Å². The van der Waals surface area contributed by atoms with Crippen molar-refractivity contribution in [3.05, 3.63) is 65.9 Å². The predicted molar refractivity (Wildman–Crippen MR) is 96.3 cm³/mol. The monoisotopic (exact) mass is 333 g/mol. The van der Waals surface area contributed by atoms with Gasteiger partial charge in [0.2, 0.25) is 0 Å². The highest BCUT2D eigenvalue weighted by Gasteiger charge is 2.12. The molecule has 0 saturated heterocycles. The van der Waals surface area contributed by atoms with E-state index in [1.807, 2.05) is 51.1 Å². The van der Waals surface area contributed by atoms with E-state index in [-0.39, 0.29) is 11.8 Å². The molecule has 6 nitrogen and oxygen atoms in total. The summed E-state index contributed by atoms with van der Waals surface area (Å²) in [6, 6.07) is 11.4. The predicted octanol–water partition coefficient (Wildman–Crippen LogP) is 3.62. The third kappa shape index (κ3) is 4.03. The van der Waals surface area contributed by atoms with Crippen molar-refractivity contribution in [2.24, 2.45) is 0 Å². The van der Waals surface area contributed by atoms with Crippen LogP contribution < -0.4 is 5.32 Å². The Morgan fingerprint density at radius 1 is 1.04 bits per heavy atom. The van der Waals surface area contributed by atoms with E-state index < -0.39 is 0 Å². The lowest BCUT2D eigenvalue weighted by atomic mass is 10.2. The Bertz CT molecular complexity index is 876. The first kappa shape index (κ1) is 16.7. The summed E-state index contributed by atoms with van der Waals surface area (Å²) in [7, 11) is 0. The molecular weight excluding hydrogens is 314 g/mol. The van der Waals surface area contributed by atoms with Gasteiger partial charge in [0.25, 0.3) is 5.91 Å². The smallest absolute Gasteiger partial charge is 0.259 e. The van der Waals surface area contributed by atoms with E-state index in [9.17, 15) is 4.79 Å². The van der Waals surface area contributed by atoms with Crippen LogP contribution >= 0.6 is 0 Å². The van der Waals surface area contributed by atoms with Gasteiger partial charge in [-0.2, -0.15) is 0 Å². The van der Waals surface area contributed by atoms with E-state index in [0.29, 0.717) is 23.0 Å². The number of carbonyl (C=O) groups excluding carboxylic acids is 1. The molecule has 2 aromatic heterocycles. The standard InChI is InChI=1S/C19H19N5O/c1-12(2)17-22-13(3)9-16(23-17)24-19(25)15-10-20-18(21-11-15)14-7-5-4-6-8-14/h4-12H,1-3H3,(H,22,23,24,25). The number of aryl methyl sites for hydroxylation is 1. The van der Waals surface area contributed by atoms with Crippen LogP contribution in [0.4, 0.5) is 5.82 Å². The van der Waals surface area contributed by atoms with Crippen LogP contribution in [-0.4, -0.2) is 25.8 Å². The SMILES string of the molecule is Cc1cc(NC(=O)c2cnc(-c3ccccc3)nc2)nc(C(C)C)n1. The van der Waals surface area contributed by atoms with Gasteiger partial charge in [0.05, 0.1) is 5.56 Å². The second-order valence-electron chi connectivity index (χ2n) is 6.02. The molecule has 0 spiro atoms. The van der Waals surface area contributed by atoms with E-state index in [0.717, 1.165) is 11.3 Å². The summed E-state index contributed by atoms with van der Waals surface area (Å²) in [5, 5.41) is 2.78. The fourth-order valence-corrected chi connectivity index (χ4v) is 2.28. The van der Waals surface area contributed by atoms with Gasteiger partial charge in [-0.3, -0.25) is 4.79 Å². The number of hydrogen-bond acceptors (Lipinski definition) is 5. The van der Waals surface area contributed by atoms with E-state index in [4.69, 9.17) is 0 Å². The third-order valence-electron chi connectivity index (χ3n) is 3.58. The zero-order valence-electron chi connectivity index (χ0n) is 14.4. The summed E-state index contributed by atoms with van der Waals surface area (Å²) >= 11 is 0. The number of benzene rings is 1. The Morgan fingerprint density at radius 2 is 1.72 bits per heavy atom. The average Bonchev–Trinajstić information content (AvgIpc) is 2.62. The van der Waals surface area contributed by atoms with Gasteiger partial charge in [-0.05, 0) is 6.92 Å². The van der Waals surface area contributed by atoms with Crippen LogP contribution in [0.5, 0.6) is 0 Å².